The Balaban J connectivity index is 2.45. The number of hydrogen-bond acceptors (Lipinski definition) is 4. The number of para-hydroxylation sites is 1. The van der Waals surface area contributed by atoms with Crippen molar-refractivity contribution in [2.75, 3.05) is 19.5 Å². The molecule has 5 nitrogen and oxygen atoms in total. The molecule has 0 aliphatic heterocycles. The predicted molar refractivity (Wildman–Crippen MR) is 66.9 cm³/mol. The molecule has 0 saturated heterocycles. The van der Waals surface area contributed by atoms with E-state index in [9.17, 15) is 4.79 Å². The van der Waals surface area contributed by atoms with E-state index in [0.29, 0.717) is 24.5 Å². The number of anilines is 1. The molecule has 1 aromatic heterocycles. The van der Waals surface area contributed by atoms with Gasteiger partial charge in [0, 0.05) is 25.6 Å². The van der Waals surface area contributed by atoms with Gasteiger partial charge in [0.1, 0.15) is 5.82 Å². The minimum absolute atomic E-state index is 0.308. The third-order valence-corrected chi connectivity index (χ3v) is 2.65. The highest BCUT2D eigenvalue weighted by Crippen LogP contribution is 2.16. The molecule has 0 unspecified atom stereocenters. The van der Waals surface area contributed by atoms with Crippen molar-refractivity contribution in [1.82, 2.24) is 9.55 Å². The number of hydrogen-bond donors (Lipinski definition) is 1. The van der Waals surface area contributed by atoms with Crippen molar-refractivity contribution in [3.8, 4) is 0 Å². The van der Waals surface area contributed by atoms with Crippen molar-refractivity contribution in [3.63, 3.8) is 0 Å². The summed E-state index contributed by atoms with van der Waals surface area (Å²) in [6, 6.07) is 7.37. The summed E-state index contributed by atoms with van der Waals surface area (Å²) < 4.78 is 6.44. The lowest BCUT2D eigenvalue weighted by atomic mass is 10.2. The maximum atomic E-state index is 11.8. The van der Waals surface area contributed by atoms with E-state index in [0.717, 1.165) is 11.8 Å². The van der Waals surface area contributed by atoms with E-state index in [1.165, 1.54) is 4.57 Å². The third kappa shape index (κ3) is 2.29. The summed E-state index contributed by atoms with van der Waals surface area (Å²) in [4.78, 5) is 15.8. The standard InChI is InChI=1S/C12H15N3O2/c1-17-8-4-7-15-11(13)9-5-2-3-6-10(9)14-12(15)16/h2-3,5-6H,4,7-8,13H2,1H3. The van der Waals surface area contributed by atoms with Gasteiger partial charge in [0.15, 0.2) is 0 Å². The first kappa shape index (κ1) is 11.6. The van der Waals surface area contributed by atoms with Crippen LogP contribution in [0.1, 0.15) is 6.42 Å². The number of benzene rings is 1. The number of fused-ring (bicyclic) bond motifs is 1. The van der Waals surface area contributed by atoms with Crippen LogP contribution in [0.25, 0.3) is 10.9 Å². The highest BCUT2D eigenvalue weighted by Gasteiger charge is 2.07. The lowest BCUT2D eigenvalue weighted by molar-refractivity contribution is 0.190. The summed E-state index contributed by atoms with van der Waals surface area (Å²) >= 11 is 0. The second kappa shape index (κ2) is 4.97. The number of ether oxygens (including phenoxy) is 1. The first-order valence-corrected chi connectivity index (χ1v) is 5.48. The van der Waals surface area contributed by atoms with Crippen LogP contribution < -0.4 is 11.4 Å². The zero-order chi connectivity index (χ0) is 12.3. The topological polar surface area (TPSA) is 70.1 Å². The van der Waals surface area contributed by atoms with Crippen LogP contribution in [-0.2, 0) is 11.3 Å². The number of nitrogen functional groups attached to an aromatic ring is 1. The monoisotopic (exact) mass is 233 g/mol. The molecular formula is C12H15N3O2. The van der Waals surface area contributed by atoms with Crippen molar-refractivity contribution in [1.29, 1.82) is 0 Å². The van der Waals surface area contributed by atoms with E-state index in [1.54, 1.807) is 13.2 Å². The van der Waals surface area contributed by atoms with Gasteiger partial charge in [0.05, 0.1) is 5.52 Å². The van der Waals surface area contributed by atoms with Crippen molar-refractivity contribution in [3.05, 3.63) is 34.7 Å². The second-order valence-corrected chi connectivity index (χ2v) is 3.79. The molecule has 17 heavy (non-hydrogen) atoms. The normalized spacial score (nSPS) is 10.9. The Morgan fingerprint density at radius 3 is 2.94 bits per heavy atom. The SMILES string of the molecule is COCCCn1c(N)c2ccccc2nc1=O. The van der Waals surface area contributed by atoms with E-state index in [-0.39, 0.29) is 5.69 Å². The summed E-state index contributed by atoms with van der Waals surface area (Å²) in [5.74, 6) is 0.469. The van der Waals surface area contributed by atoms with Gasteiger partial charge in [-0.3, -0.25) is 4.57 Å². The van der Waals surface area contributed by atoms with E-state index in [2.05, 4.69) is 4.98 Å². The predicted octanol–water partition coefficient (Wildman–Crippen LogP) is 1.02. The van der Waals surface area contributed by atoms with Gasteiger partial charge in [-0.05, 0) is 18.6 Å². The fourth-order valence-electron chi connectivity index (χ4n) is 1.78. The van der Waals surface area contributed by atoms with Crippen LogP contribution in [-0.4, -0.2) is 23.3 Å². The highest BCUT2D eigenvalue weighted by atomic mass is 16.5. The molecule has 0 amide bonds. The number of aromatic nitrogens is 2. The summed E-state index contributed by atoms with van der Waals surface area (Å²) in [6.45, 7) is 1.12. The minimum Gasteiger partial charge on any atom is -0.385 e. The largest absolute Gasteiger partial charge is 0.385 e. The summed E-state index contributed by atoms with van der Waals surface area (Å²) in [5.41, 5.74) is 6.31. The molecule has 5 heteroatoms. The van der Waals surface area contributed by atoms with Gasteiger partial charge in [0.2, 0.25) is 0 Å². The Bertz CT molecular complexity index is 577. The minimum atomic E-state index is -0.308. The van der Waals surface area contributed by atoms with Gasteiger partial charge in [-0.25, -0.2) is 4.79 Å². The molecule has 0 radical (unpaired) electrons. The average molecular weight is 233 g/mol. The first-order chi connectivity index (χ1) is 8.24. The molecule has 90 valence electrons. The first-order valence-electron chi connectivity index (χ1n) is 5.48. The molecule has 2 N–H and O–H groups in total. The summed E-state index contributed by atoms with van der Waals surface area (Å²) in [5, 5.41) is 0.810. The molecule has 0 saturated carbocycles. The van der Waals surface area contributed by atoms with Gasteiger partial charge in [0.25, 0.3) is 0 Å². The van der Waals surface area contributed by atoms with Crippen LogP contribution in [0.15, 0.2) is 29.1 Å². The molecule has 1 aromatic carbocycles. The number of nitrogens with zero attached hydrogens (tertiary/aromatic N) is 2. The summed E-state index contributed by atoms with van der Waals surface area (Å²) in [7, 11) is 1.63. The third-order valence-electron chi connectivity index (χ3n) is 2.65. The molecule has 0 aliphatic carbocycles. The number of methoxy groups -OCH3 is 1. The molecule has 2 rings (SSSR count). The lowest BCUT2D eigenvalue weighted by Crippen LogP contribution is -2.26. The smallest absolute Gasteiger partial charge is 0.349 e. The molecular weight excluding hydrogens is 218 g/mol. The van der Waals surface area contributed by atoms with Crippen LogP contribution in [0.4, 0.5) is 5.82 Å². The van der Waals surface area contributed by atoms with Gasteiger partial charge in [-0.15, -0.1) is 0 Å². The maximum Gasteiger partial charge on any atom is 0.349 e. The van der Waals surface area contributed by atoms with Crippen LogP contribution in [0.3, 0.4) is 0 Å². The van der Waals surface area contributed by atoms with Crippen LogP contribution >= 0.6 is 0 Å². The maximum absolute atomic E-state index is 11.8. The van der Waals surface area contributed by atoms with Crippen LogP contribution in [0, 0.1) is 0 Å². The number of rotatable bonds is 4. The van der Waals surface area contributed by atoms with Crippen molar-refractivity contribution in [2.24, 2.45) is 0 Å². The van der Waals surface area contributed by atoms with E-state index >= 15 is 0 Å². The Labute approximate surface area is 98.8 Å². The van der Waals surface area contributed by atoms with Gasteiger partial charge in [-0.1, -0.05) is 12.1 Å². The Kier molecular flexibility index (Phi) is 3.39. The molecule has 0 spiro atoms. The molecule has 0 atom stereocenters. The average Bonchev–Trinajstić information content (AvgIpc) is 2.33. The molecule has 1 heterocycles. The quantitative estimate of drug-likeness (QED) is 0.800. The molecule has 2 aromatic rings. The van der Waals surface area contributed by atoms with E-state index in [4.69, 9.17) is 10.5 Å². The van der Waals surface area contributed by atoms with E-state index in [1.807, 2.05) is 18.2 Å². The van der Waals surface area contributed by atoms with Crippen molar-refractivity contribution < 1.29 is 4.74 Å². The van der Waals surface area contributed by atoms with Crippen molar-refractivity contribution >= 4 is 16.7 Å². The zero-order valence-corrected chi connectivity index (χ0v) is 9.72. The molecule has 0 fully saturated rings. The second-order valence-electron chi connectivity index (χ2n) is 3.79. The van der Waals surface area contributed by atoms with Crippen LogP contribution in [0.2, 0.25) is 0 Å². The lowest BCUT2D eigenvalue weighted by Gasteiger charge is -2.10. The van der Waals surface area contributed by atoms with Crippen LogP contribution in [0.5, 0.6) is 0 Å². The highest BCUT2D eigenvalue weighted by molar-refractivity contribution is 5.87. The fraction of sp³-hybridized carbons (Fsp3) is 0.333. The Morgan fingerprint density at radius 2 is 2.18 bits per heavy atom. The zero-order valence-electron chi connectivity index (χ0n) is 9.72. The van der Waals surface area contributed by atoms with Gasteiger partial charge >= 0.3 is 5.69 Å². The molecule has 0 aliphatic rings. The van der Waals surface area contributed by atoms with Gasteiger partial charge < -0.3 is 10.5 Å². The van der Waals surface area contributed by atoms with E-state index < -0.39 is 0 Å². The fourth-order valence-corrected chi connectivity index (χ4v) is 1.78. The van der Waals surface area contributed by atoms with Gasteiger partial charge in [-0.2, -0.15) is 4.98 Å². The Hall–Kier alpha value is -1.88. The van der Waals surface area contributed by atoms with Crippen molar-refractivity contribution in [2.45, 2.75) is 13.0 Å². The molecule has 0 bridgehead atoms. The summed E-state index contributed by atoms with van der Waals surface area (Å²) in [6.07, 6.45) is 0.737. The Morgan fingerprint density at radius 1 is 1.41 bits per heavy atom. The number of nitrogens with two attached hydrogens (primary N) is 1.